The molecule has 116 valence electrons. The Morgan fingerprint density at radius 3 is 3.00 bits per heavy atom. The topological polar surface area (TPSA) is 41.6 Å². The second-order valence-corrected chi connectivity index (χ2v) is 6.30. The summed E-state index contributed by atoms with van der Waals surface area (Å²) in [6.07, 6.45) is 1.85. The van der Waals surface area contributed by atoms with Crippen LogP contribution >= 0.6 is 11.3 Å². The third kappa shape index (κ3) is 2.68. The highest BCUT2D eigenvalue weighted by atomic mass is 32.1. The van der Waals surface area contributed by atoms with Crippen LogP contribution in [0, 0.1) is 0 Å². The van der Waals surface area contributed by atoms with E-state index >= 15 is 0 Å². The second kappa shape index (κ2) is 6.40. The number of hydrogen-bond donors (Lipinski definition) is 1. The quantitative estimate of drug-likeness (QED) is 0.917. The van der Waals surface area contributed by atoms with Crippen LogP contribution in [0.4, 0.5) is 10.5 Å². The van der Waals surface area contributed by atoms with Gasteiger partial charge in [0.1, 0.15) is 5.75 Å². The van der Waals surface area contributed by atoms with Crippen molar-refractivity contribution in [2.45, 2.75) is 25.8 Å². The second-order valence-electron chi connectivity index (χ2n) is 5.30. The number of fused-ring (bicyclic) bond motifs is 1. The molecular weight excluding hydrogens is 296 g/mol. The van der Waals surface area contributed by atoms with E-state index in [1.165, 1.54) is 10.4 Å². The molecule has 0 radical (unpaired) electrons. The molecule has 1 aromatic heterocycles. The fourth-order valence-corrected chi connectivity index (χ4v) is 3.94. The molecule has 22 heavy (non-hydrogen) atoms. The van der Waals surface area contributed by atoms with Crippen molar-refractivity contribution in [2.24, 2.45) is 0 Å². The molecule has 1 aliphatic rings. The van der Waals surface area contributed by atoms with E-state index in [0.29, 0.717) is 11.4 Å². The van der Waals surface area contributed by atoms with Crippen molar-refractivity contribution < 1.29 is 9.53 Å². The minimum atomic E-state index is -0.0619. The maximum absolute atomic E-state index is 12.7. The van der Waals surface area contributed by atoms with Gasteiger partial charge in [0.05, 0.1) is 18.8 Å². The van der Waals surface area contributed by atoms with Crippen LogP contribution in [-0.2, 0) is 6.42 Å². The average Bonchev–Trinajstić information content (AvgIpc) is 3.02. The Hall–Kier alpha value is -2.01. The zero-order valence-corrected chi connectivity index (χ0v) is 13.7. The minimum Gasteiger partial charge on any atom is -0.495 e. The Morgan fingerprint density at radius 1 is 1.41 bits per heavy atom. The fourth-order valence-electron chi connectivity index (χ4n) is 3.01. The third-order valence-corrected chi connectivity index (χ3v) is 5.09. The molecule has 1 N–H and O–H groups in total. The number of ether oxygens (including phenoxy) is 1. The predicted octanol–water partition coefficient (Wildman–Crippen LogP) is 4.30. The predicted molar refractivity (Wildman–Crippen MR) is 89.8 cm³/mol. The molecule has 0 unspecified atom stereocenters. The van der Waals surface area contributed by atoms with E-state index in [1.807, 2.05) is 29.2 Å². The van der Waals surface area contributed by atoms with Crippen LogP contribution in [0.3, 0.4) is 0 Å². The lowest BCUT2D eigenvalue weighted by molar-refractivity contribution is 0.181. The SMILES string of the molecule is CC[C@@H]1c2ccsc2CCN1C(=O)Nc1ccccc1OC. The monoisotopic (exact) mass is 316 g/mol. The Bertz CT molecular complexity index is 668. The van der Waals surface area contributed by atoms with E-state index in [-0.39, 0.29) is 12.1 Å². The molecule has 0 spiro atoms. The number of para-hydroxylation sites is 2. The summed E-state index contributed by atoms with van der Waals surface area (Å²) < 4.78 is 5.30. The van der Waals surface area contributed by atoms with Crippen LogP contribution in [0.1, 0.15) is 29.8 Å². The van der Waals surface area contributed by atoms with Gasteiger partial charge in [-0.05, 0) is 42.0 Å². The zero-order valence-electron chi connectivity index (χ0n) is 12.8. The standard InChI is InChI=1S/C17H20N2O2S/c1-3-14-12-9-11-22-16(12)8-10-19(14)17(20)18-13-6-4-5-7-15(13)21-2/h4-7,9,11,14H,3,8,10H2,1-2H3,(H,18,20)/t14-/m1/s1. The summed E-state index contributed by atoms with van der Waals surface area (Å²) in [6.45, 7) is 2.88. The highest BCUT2D eigenvalue weighted by Gasteiger charge is 2.30. The molecule has 0 saturated heterocycles. The Morgan fingerprint density at radius 2 is 2.23 bits per heavy atom. The Labute approximate surface area is 134 Å². The van der Waals surface area contributed by atoms with E-state index in [9.17, 15) is 4.79 Å². The lowest BCUT2D eigenvalue weighted by atomic mass is 9.98. The molecule has 0 bridgehead atoms. The van der Waals surface area contributed by atoms with Gasteiger partial charge in [-0.25, -0.2) is 4.79 Å². The highest BCUT2D eigenvalue weighted by molar-refractivity contribution is 7.10. The van der Waals surface area contributed by atoms with Crippen LogP contribution in [0.2, 0.25) is 0 Å². The first-order valence-corrected chi connectivity index (χ1v) is 8.39. The summed E-state index contributed by atoms with van der Waals surface area (Å²) in [6, 6.07) is 9.73. The number of nitrogens with one attached hydrogen (secondary N) is 1. The summed E-state index contributed by atoms with van der Waals surface area (Å²) in [5.41, 5.74) is 2.01. The molecule has 0 aliphatic carbocycles. The van der Waals surface area contributed by atoms with Crippen molar-refractivity contribution in [2.75, 3.05) is 19.0 Å². The van der Waals surface area contributed by atoms with Crippen molar-refractivity contribution in [3.05, 3.63) is 46.2 Å². The number of anilines is 1. The van der Waals surface area contributed by atoms with Gasteiger partial charge in [0.15, 0.2) is 0 Å². The summed E-state index contributed by atoms with van der Waals surface area (Å²) in [4.78, 5) is 16.0. The van der Waals surface area contributed by atoms with Crippen LogP contribution in [0.15, 0.2) is 35.7 Å². The minimum absolute atomic E-state index is 0.0619. The largest absolute Gasteiger partial charge is 0.495 e. The van der Waals surface area contributed by atoms with E-state index < -0.39 is 0 Å². The normalized spacial score (nSPS) is 17.0. The summed E-state index contributed by atoms with van der Waals surface area (Å²) in [5.74, 6) is 0.678. The number of rotatable bonds is 3. The number of carbonyl (C=O) groups is 1. The number of benzene rings is 1. The van der Waals surface area contributed by atoms with Crippen molar-refractivity contribution in [1.29, 1.82) is 0 Å². The summed E-state index contributed by atoms with van der Waals surface area (Å²) in [5, 5.41) is 5.10. The lowest BCUT2D eigenvalue weighted by Crippen LogP contribution is -2.41. The van der Waals surface area contributed by atoms with Crippen LogP contribution < -0.4 is 10.1 Å². The number of nitrogens with zero attached hydrogens (tertiary/aromatic N) is 1. The van der Waals surface area contributed by atoms with E-state index in [1.54, 1.807) is 18.4 Å². The Kier molecular flexibility index (Phi) is 4.34. The van der Waals surface area contributed by atoms with Crippen LogP contribution in [0.25, 0.3) is 0 Å². The van der Waals surface area contributed by atoms with Gasteiger partial charge in [-0.1, -0.05) is 19.1 Å². The fraction of sp³-hybridized carbons (Fsp3) is 0.353. The van der Waals surface area contributed by atoms with Gasteiger partial charge in [-0.2, -0.15) is 0 Å². The van der Waals surface area contributed by atoms with Crippen LogP contribution in [-0.4, -0.2) is 24.6 Å². The van der Waals surface area contributed by atoms with E-state index in [2.05, 4.69) is 23.7 Å². The van der Waals surface area contributed by atoms with Crippen molar-refractivity contribution in [1.82, 2.24) is 4.90 Å². The third-order valence-electron chi connectivity index (χ3n) is 4.09. The van der Waals surface area contributed by atoms with Gasteiger partial charge in [0.25, 0.3) is 0 Å². The number of thiophene rings is 1. The maximum Gasteiger partial charge on any atom is 0.322 e. The summed E-state index contributed by atoms with van der Waals surface area (Å²) >= 11 is 1.79. The molecule has 5 heteroatoms. The van der Waals surface area contributed by atoms with Gasteiger partial charge < -0.3 is 15.0 Å². The first-order chi connectivity index (χ1) is 10.7. The average molecular weight is 316 g/mol. The molecule has 0 saturated carbocycles. The number of carbonyl (C=O) groups excluding carboxylic acids is 1. The lowest BCUT2D eigenvalue weighted by Gasteiger charge is -2.35. The molecule has 4 nitrogen and oxygen atoms in total. The van der Waals surface area contributed by atoms with Crippen molar-refractivity contribution >= 4 is 23.1 Å². The van der Waals surface area contributed by atoms with Gasteiger partial charge in [-0.3, -0.25) is 0 Å². The van der Waals surface area contributed by atoms with Crippen molar-refractivity contribution in [3.8, 4) is 5.75 Å². The molecule has 2 aromatic rings. The number of hydrogen-bond acceptors (Lipinski definition) is 3. The highest BCUT2D eigenvalue weighted by Crippen LogP contribution is 2.35. The molecule has 1 aromatic carbocycles. The van der Waals surface area contributed by atoms with Gasteiger partial charge in [-0.15, -0.1) is 11.3 Å². The molecule has 0 fully saturated rings. The molecule has 3 rings (SSSR count). The molecule has 2 amide bonds. The first-order valence-electron chi connectivity index (χ1n) is 7.51. The number of amides is 2. The molecule has 2 heterocycles. The van der Waals surface area contributed by atoms with Gasteiger partial charge >= 0.3 is 6.03 Å². The van der Waals surface area contributed by atoms with E-state index in [0.717, 1.165) is 19.4 Å². The first kappa shape index (κ1) is 14.9. The molecule has 1 atom stereocenters. The van der Waals surface area contributed by atoms with Crippen molar-refractivity contribution in [3.63, 3.8) is 0 Å². The van der Waals surface area contributed by atoms with E-state index in [4.69, 9.17) is 4.74 Å². The maximum atomic E-state index is 12.7. The van der Waals surface area contributed by atoms with Gasteiger partial charge in [0.2, 0.25) is 0 Å². The number of urea groups is 1. The van der Waals surface area contributed by atoms with Gasteiger partial charge in [0, 0.05) is 11.4 Å². The Balaban J connectivity index is 1.80. The molecule has 1 aliphatic heterocycles. The zero-order chi connectivity index (χ0) is 15.5. The smallest absolute Gasteiger partial charge is 0.322 e. The summed E-state index contributed by atoms with van der Waals surface area (Å²) in [7, 11) is 1.61. The number of methoxy groups -OCH3 is 1. The molecular formula is C17H20N2O2S. The van der Waals surface area contributed by atoms with Crippen LogP contribution in [0.5, 0.6) is 5.75 Å².